The first-order valence-corrected chi connectivity index (χ1v) is 7.08. The molecule has 0 aromatic heterocycles. The zero-order chi connectivity index (χ0) is 16.6. The van der Waals surface area contributed by atoms with E-state index >= 15 is 0 Å². The van der Waals surface area contributed by atoms with Crippen LogP contribution in [0, 0.1) is 5.92 Å². The summed E-state index contributed by atoms with van der Waals surface area (Å²) in [6, 6.07) is 7.37. The lowest BCUT2D eigenvalue weighted by Gasteiger charge is -2.24. The molecule has 2 aromatic carbocycles. The van der Waals surface area contributed by atoms with E-state index in [0.717, 1.165) is 6.07 Å². The number of rotatable bonds is 3. The van der Waals surface area contributed by atoms with Crippen molar-refractivity contribution in [2.75, 3.05) is 13.7 Å². The van der Waals surface area contributed by atoms with E-state index in [1.807, 2.05) is 0 Å². The van der Waals surface area contributed by atoms with Gasteiger partial charge in [-0.1, -0.05) is 0 Å². The molecular weight excluding hydrogens is 300 g/mol. The number of ether oxygens (including phenoxy) is 2. The summed E-state index contributed by atoms with van der Waals surface area (Å²) in [5, 5.41) is 29.0. The highest BCUT2D eigenvalue weighted by Crippen LogP contribution is 2.37. The minimum atomic E-state index is -0.526. The van der Waals surface area contributed by atoms with Crippen molar-refractivity contribution in [1.29, 1.82) is 0 Å². The standard InChI is InChI=1S/C17H16O6/c1-22-12-2-3-15-13(7-12)16(20)10(8-23-15)4-9-5-11(18)6-14(19)17(9)21/h2-3,5-7,10,18-19,21H,4,8H2,1H3/t10-/m0/s1. The second-order valence-corrected chi connectivity index (χ2v) is 5.41. The first-order chi connectivity index (χ1) is 11.0. The van der Waals surface area contributed by atoms with Crippen molar-refractivity contribution in [3.8, 4) is 28.7 Å². The molecule has 1 atom stereocenters. The van der Waals surface area contributed by atoms with Gasteiger partial charge in [-0.3, -0.25) is 4.79 Å². The van der Waals surface area contributed by atoms with Crippen LogP contribution in [0.25, 0.3) is 0 Å². The maximum absolute atomic E-state index is 12.6. The maximum atomic E-state index is 12.6. The summed E-state index contributed by atoms with van der Waals surface area (Å²) in [7, 11) is 1.51. The highest BCUT2D eigenvalue weighted by atomic mass is 16.5. The molecule has 0 unspecified atom stereocenters. The third kappa shape index (κ3) is 2.75. The molecule has 3 rings (SSSR count). The molecule has 0 spiro atoms. The van der Waals surface area contributed by atoms with E-state index in [0.29, 0.717) is 17.1 Å². The zero-order valence-corrected chi connectivity index (χ0v) is 12.4. The first kappa shape index (κ1) is 15.0. The summed E-state index contributed by atoms with van der Waals surface area (Å²) < 4.78 is 10.7. The molecule has 0 aliphatic carbocycles. The predicted molar refractivity (Wildman–Crippen MR) is 81.4 cm³/mol. The van der Waals surface area contributed by atoms with Crippen molar-refractivity contribution in [2.24, 2.45) is 5.92 Å². The molecule has 0 fully saturated rings. The number of phenolic OH excluding ortho intramolecular Hbond substituents is 3. The van der Waals surface area contributed by atoms with E-state index < -0.39 is 11.7 Å². The molecule has 2 aromatic rings. The maximum Gasteiger partial charge on any atom is 0.173 e. The van der Waals surface area contributed by atoms with Crippen molar-refractivity contribution >= 4 is 5.78 Å². The van der Waals surface area contributed by atoms with Gasteiger partial charge in [0.15, 0.2) is 17.3 Å². The number of carbonyl (C=O) groups is 1. The number of methoxy groups -OCH3 is 1. The minimum Gasteiger partial charge on any atom is -0.508 e. The fourth-order valence-corrected chi connectivity index (χ4v) is 2.67. The summed E-state index contributed by atoms with van der Waals surface area (Å²) in [4.78, 5) is 12.6. The molecular formula is C17H16O6. The molecule has 23 heavy (non-hydrogen) atoms. The Morgan fingerprint density at radius 2 is 2.00 bits per heavy atom. The molecule has 0 bridgehead atoms. The van der Waals surface area contributed by atoms with Crippen LogP contribution in [0.15, 0.2) is 30.3 Å². The Morgan fingerprint density at radius 3 is 2.74 bits per heavy atom. The van der Waals surface area contributed by atoms with Gasteiger partial charge >= 0.3 is 0 Å². The Bertz CT molecular complexity index is 768. The molecule has 1 aliphatic heterocycles. The number of carbonyl (C=O) groups excluding carboxylic acids is 1. The SMILES string of the molecule is COc1ccc2c(c1)C(=O)[C@@H](Cc1cc(O)cc(O)c1O)CO2. The number of aromatic hydroxyl groups is 3. The van der Waals surface area contributed by atoms with Gasteiger partial charge in [0.2, 0.25) is 0 Å². The summed E-state index contributed by atoms with van der Waals surface area (Å²) in [6.45, 7) is 0.161. The fraction of sp³-hybridized carbons (Fsp3) is 0.235. The van der Waals surface area contributed by atoms with Crippen LogP contribution in [0.4, 0.5) is 0 Å². The van der Waals surface area contributed by atoms with Crippen LogP contribution in [0.1, 0.15) is 15.9 Å². The lowest BCUT2D eigenvalue weighted by Crippen LogP contribution is -2.29. The number of fused-ring (bicyclic) bond motifs is 1. The molecule has 6 heteroatoms. The number of hydrogen-bond acceptors (Lipinski definition) is 6. The Hall–Kier alpha value is -2.89. The van der Waals surface area contributed by atoms with Gasteiger partial charge in [0.05, 0.1) is 25.2 Å². The van der Waals surface area contributed by atoms with Crippen LogP contribution in [0.5, 0.6) is 28.7 Å². The molecule has 1 heterocycles. The third-order valence-electron chi connectivity index (χ3n) is 3.88. The second-order valence-electron chi connectivity index (χ2n) is 5.41. The average Bonchev–Trinajstić information content (AvgIpc) is 2.54. The molecule has 6 nitrogen and oxygen atoms in total. The normalized spacial score (nSPS) is 16.6. The lowest BCUT2D eigenvalue weighted by atomic mass is 9.89. The van der Waals surface area contributed by atoms with Gasteiger partial charge in [-0.2, -0.15) is 0 Å². The molecule has 3 N–H and O–H groups in total. The van der Waals surface area contributed by atoms with Crippen molar-refractivity contribution in [3.05, 3.63) is 41.5 Å². The smallest absolute Gasteiger partial charge is 0.173 e. The van der Waals surface area contributed by atoms with Crippen LogP contribution >= 0.6 is 0 Å². The number of benzene rings is 2. The van der Waals surface area contributed by atoms with Crippen LogP contribution in [0.2, 0.25) is 0 Å². The summed E-state index contributed by atoms with van der Waals surface area (Å²) in [6.07, 6.45) is 0.142. The third-order valence-corrected chi connectivity index (χ3v) is 3.88. The van der Waals surface area contributed by atoms with Crippen molar-refractivity contribution in [3.63, 3.8) is 0 Å². The van der Waals surface area contributed by atoms with Gasteiger partial charge < -0.3 is 24.8 Å². The van der Waals surface area contributed by atoms with Crippen LogP contribution in [-0.2, 0) is 6.42 Å². The van der Waals surface area contributed by atoms with Gasteiger partial charge in [0, 0.05) is 11.6 Å². The van der Waals surface area contributed by atoms with E-state index in [1.54, 1.807) is 18.2 Å². The van der Waals surface area contributed by atoms with Gasteiger partial charge in [0.25, 0.3) is 0 Å². The number of phenols is 3. The molecule has 1 aliphatic rings. The average molecular weight is 316 g/mol. The summed E-state index contributed by atoms with van der Waals surface area (Å²) in [5.74, 6) is -0.553. The van der Waals surface area contributed by atoms with Crippen LogP contribution in [0.3, 0.4) is 0 Å². The first-order valence-electron chi connectivity index (χ1n) is 7.08. The van der Waals surface area contributed by atoms with Crippen molar-refractivity contribution in [1.82, 2.24) is 0 Å². The molecule has 120 valence electrons. The summed E-state index contributed by atoms with van der Waals surface area (Å²) in [5.41, 5.74) is 0.709. The van der Waals surface area contributed by atoms with E-state index in [4.69, 9.17) is 9.47 Å². The highest BCUT2D eigenvalue weighted by Gasteiger charge is 2.30. The van der Waals surface area contributed by atoms with Gasteiger partial charge in [-0.25, -0.2) is 0 Å². The van der Waals surface area contributed by atoms with E-state index in [9.17, 15) is 20.1 Å². The van der Waals surface area contributed by atoms with E-state index in [1.165, 1.54) is 13.2 Å². The Labute approximate surface area is 132 Å². The number of hydrogen-bond donors (Lipinski definition) is 3. The lowest BCUT2D eigenvalue weighted by molar-refractivity contribution is 0.0829. The largest absolute Gasteiger partial charge is 0.508 e. The second kappa shape index (κ2) is 5.72. The molecule has 0 amide bonds. The molecule has 0 saturated heterocycles. The van der Waals surface area contributed by atoms with Gasteiger partial charge in [0.1, 0.15) is 17.2 Å². The minimum absolute atomic E-state index is 0.132. The summed E-state index contributed by atoms with van der Waals surface area (Å²) >= 11 is 0. The van der Waals surface area contributed by atoms with Crippen LogP contribution in [-0.4, -0.2) is 34.8 Å². The van der Waals surface area contributed by atoms with Crippen molar-refractivity contribution in [2.45, 2.75) is 6.42 Å². The van der Waals surface area contributed by atoms with E-state index in [2.05, 4.69) is 0 Å². The number of ketones is 1. The molecule has 0 radical (unpaired) electrons. The molecule has 0 saturated carbocycles. The fourth-order valence-electron chi connectivity index (χ4n) is 2.67. The van der Waals surface area contributed by atoms with Gasteiger partial charge in [-0.05, 0) is 30.7 Å². The van der Waals surface area contributed by atoms with Crippen LogP contribution < -0.4 is 9.47 Å². The topological polar surface area (TPSA) is 96.2 Å². The Morgan fingerprint density at radius 1 is 1.22 bits per heavy atom. The Balaban J connectivity index is 1.90. The monoisotopic (exact) mass is 316 g/mol. The van der Waals surface area contributed by atoms with E-state index in [-0.39, 0.29) is 35.9 Å². The van der Waals surface area contributed by atoms with Crippen molar-refractivity contribution < 1.29 is 29.6 Å². The Kier molecular flexibility index (Phi) is 3.73. The van der Waals surface area contributed by atoms with Gasteiger partial charge in [-0.15, -0.1) is 0 Å². The quantitative estimate of drug-likeness (QED) is 0.594. The highest BCUT2D eigenvalue weighted by molar-refractivity contribution is 6.01. The zero-order valence-electron chi connectivity index (χ0n) is 12.4. The number of Topliss-reactive ketones (excluding diaryl/α,β-unsaturated/α-hetero) is 1. The predicted octanol–water partition coefficient (Wildman–Crippen LogP) is 2.25.